The molecule has 5 heteroatoms. The first-order valence-corrected chi connectivity index (χ1v) is 20.9. The monoisotopic (exact) mass is 485 g/mol. The van der Waals surface area contributed by atoms with Crippen LogP contribution in [-0.4, -0.2) is 48.1 Å². The van der Waals surface area contributed by atoms with Gasteiger partial charge in [-0.25, -0.2) is 0 Å². The van der Waals surface area contributed by atoms with Gasteiger partial charge in [0.15, 0.2) is 0 Å². The van der Waals surface area contributed by atoms with Crippen LogP contribution in [-0.2, 0) is 4.79 Å². The summed E-state index contributed by atoms with van der Waals surface area (Å²) in [5.41, 5.74) is 5.15. The molecule has 0 saturated carbocycles. The second-order valence-electron chi connectivity index (χ2n) is 6.80. The molecule has 0 radical (unpaired) electrons. The first-order valence-electron chi connectivity index (χ1n) is 6.16. The molecule has 1 saturated heterocycles. The van der Waals surface area contributed by atoms with E-state index in [0.717, 1.165) is 12.3 Å². The number of primary amides is 1. The molecule has 0 bridgehead atoms. The topological polar surface area (TPSA) is 63.3 Å². The third kappa shape index (κ3) is 4.47. The van der Waals surface area contributed by atoms with Gasteiger partial charge < -0.3 is 0 Å². The van der Waals surface area contributed by atoms with Crippen LogP contribution in [0.2, 0.25) is 0 Å². The Bertz CT molecular complexity index is 321. The molecule has 1 rings (SSSR count). The van der Waals surface area contributed by atoms with Crippen molar-refractivity contribution in [3.63, 3.8) is 0 Å². The van der Waals surface area contributed by atoms with E-state index in [2.05, 4.69) is 19.7 Å². The number of hydrogen-bond donors (Lipinski definition) is 2. The first kappa shape index (κ1) is 16.9. The van der Waals surface area contributed by atoms with Gasteiger partial charge in [-0.1, -0.05) is 0 Å². The maximum atomic E-state index is 11.0. The van der Waals surface area contributed by atoms with Gasteiger partial charge in [-0.3, -0.25) is 0 Å². The minimum atomic E-state index is -1.97. The average molecular weight is 485 g/mol. The molecule has 0 aliphatic carbocycles. The predicted octanol–water partition coefficient (Wildman–Crippen LogP) is 2.05. The third-order valence-electron chi connectivity index (χ3n) is 3.57. The van der Waals surface area contributed by atoms with E-state index in [1.807, 2.05) is 6.92 Å². The summed E-state index contributed by atoms with van der Waals surface area (Å²) in [5, 5.41) is 9.65. The Balaban J connectivity index is 2.45. The van der Waals surface area contributed by atoms with Gasteiger partial charge in [0.05, 0.1) is 0 Å². The SMILES string of the molecule is C[C@H](CC1CI(C)(C)(CI(C)C)C1)[C@@H](O)C(N)=O. The van der Waals surface area contributed by atoms with E-state index in [1.54, 1.807) is 2.43 Å². The van der Waals surface area contributed by atoms with Gasteiger partial charge in [0.1, 0.15) is 0 Å². The summed E-state index contributed by atoms with van der Waals surface area (Å²) in [5.74, 6) is 0.169. The number of aliphatic hydroxyl groups excluding tert-OH is 1. The van der Waals surface area contributed by atoms with Crippen LogP contribution < -0.4 is 5.73 Å². The first-order chi connectivity index (χ1) is 8.02. The molecule has 0 spiro atoms. The van der Waals surface area contributed by atoms with Crippen LogP contribution in [0.25, 0.3) is 0 Å². The van der Waals surface area contributed by atoms with E-state index in [4.69, 9.17) is 5.73 Å². The number of nitrogens with two attached hydrogens (primary N) is 1. The van der Waals surface area contributed by atoms with Gasteiger partial charge in [-0.05, 0) is 0 Å². The standard InChI is InChI=1S/C13H29I2NO2/c1-10(12(17)13(16)18)6-11-7-15(4,5,8-11)9-14(2)3/h10-12,17H,6-9H2,1-5H3,(H2,16,18)/t10-,12-/m1/s1. The van der Waals surface area contributed by atoms with Crippen LogP contribution in [0, 0.1) is 11.8 Å². The Morgan fingerprint density at radius 1 is 1.44 bits per heavy atom. The summed E-state index contributed by atoms with van der Waals surface area (Å²) in [6.45, 7) is 1.94. The summed E-state index contributed by atoms with van der Waals surface area (Å²) in [4.78, 5) is 21.1. The van der Waals surface area contributed by atoms with Crippen molar-refractivity contribution in [2.24, 2.45) is 17.6 Å². The molecule has 0 aromatic rings. The molecule has 1 fully saturated rings. The Morgan fingerprint density at radius 2 is 1.94 bits per heavy atom. The molecule has 1 aliphatic rings. The van der Waals surface area contributed by atoms with Crippen LogP contribution in [0.1, 0.15) is 13.3 Å². The van der Waals surface area contributed by atoms with Gasteiger partial charge in [-0.15, -0.1) is 0 Å². The number of rotatable bonds is 6. The average Bonchev–Trinajstić information content (AvgIpc) is 2.11. The molecular formula is C13H29I2NO2. The predicted molar refractivity (Wildman–Crippen MR) is 98.8 cm³/mol. The zero-order valence-corrected chi connectivity index (χ0v) is 16.6. The second-order valence-corrected chi connectivity index (χ2v) is 32.8. The summed E-state index contributed by atoms with van der Waals surface area (Å²) in [6.07, 6.45) is 0.00297. The van der Waals surface area contributed by atoms with Crippen LogP contribution >= 0.6 is 36.9 Å². The fourth-order valence-electron chi connectivity index (χ4n) is 3.28. The Kier molecular flexibility index (Phi) is 5.38. The summed E-state index contributed by atoms with van der Waals surface area (Å²) in [6, 6.07) is 0. The van der Waals surface area contributed by atoms with Crippen LogP contribution in [0.4, 0.5) is 0 Å². The van der Waals surface area contributed by atoms with Crippen molar-refractivity contribution in [1.29, 1.82) is 0 Å². The van der Waals surface area contributed by atoms with Gasteiger partial charge in [0.2, 0.25) is 0 Å². The van der Waals surface area contributed by atoms with Gasteiger partial charge >= 0.3 is 121 Å². The van der Waals surface area contributed by atoms with E-state index >= 15 is 0 Å². The van der Waals surface area contributed by atoms with Crippen LogP contribution in [0.15, 0.2) is 0 Å². The molecule has 2 atom stereocenters. The quantitative estimate of drug-likeness (QED) is 0.447. The molecule has 3 N–H and O–H groups in total. The minimum absolute atomic E-state index is 0.0144. The van der Waals surface area contributed by atoms with Crippen LogP contribution in [0.5, 0.6) is 0 Å². The normalized spacial score (nSPS) is 31.3. The van der Waals surface area contributed by atoms with E-state index in [-0.39, 0.29) is 5.92 Å². The third-order valence-corrected chi connectivity index (χ3v) is 36.1. The Hall–Kier alpha value is 0.890. The van der Waals surface area contributed by atoms with Gasteiger partial charge in [-0.2, -0.15) is 0 Å². The number of amides is 1. The van der Waals surface area contributed by atoms with Crippen molar-refractivity contribution < 1.29 is 9.90 Å². The zero-order valence-electron chi connectivity index (χ0n) is 12.2. The van der Waals surface area contributed by atoms with Gasteiger partial charge in [0.25, 0.3) is 0 Å². The van der Waals surface area contributed by atoms with E-state index in [9.17, 15) is 9.90 Å². The van der Waals surface area contributed by atoms with E-state index in [0.29, 0.717) is 0 Å². The van der Waals surface area contributed by atoms with Crippen molar-refractivity contribution in [3.05, 3.63) is 0 Å². The molecule has 0 aromatic carbocycles. The number of alkyl halides is 8. The zero-order chi connectivity index (χ0) is 14.2. The van der Waals surface area contributed by atoms with E-state index in [1.165, 1.54) is 8.86 Å². The van der Waals surface area contributed by atoms with Crippen molar-refractivity contribution in [2.45, 2.75) is 19.4 Å². The molecule has 3 nitrogen and oxygen atoms in total. The summed E-state index contributed by atoms with van der Waals surface area (Å²) in [7, 11) is 0. The number of halogens is 2. The molecule has 0 unspecified atom stereocenters. The molecular weight excluding hydrogens is 456 g/mol. The molecule has 18 heavy (non-hydrogen) atoms. The fourth-order valence-corrected chi connectivity index (χ4v) is 46.2. The molecule has 112 valence electrons. The number of hydrogen-bond acceptors (Lipinski definition) is 2. The van der Waals surface area contributed by atoms with Crippen molar-refractivity contribution >= 4 is 42.8 Å². The summed E-state index contributed by atoms with van der Waals surface area (Å²) < 4.78 is 4.41. The molecule has 1 aliphatic heterocycles. The molecule has 0 aromatic heterocycles. The second kappa shape index (κ2) is 5.71. The molecule has 1 heterocycles. The maximum absolute atomic E-state index is 11.0. The Labute approximate surface area is 120 Å². The summed E-state index contributed by atoms with van der Waals surface area (Å²) >= 11 is -2.60. The van der Waals surface area contributed by atoms with Crippen LogP contribution in [0.3, 0.4) is 0 Å². The molecule has 1 amide bonds. The Morgan fingerprint density at radius 3 is 2.33 bits per heavy atom. The van der Waals surface area contributed by atoms with Gasteiger partial charge in [0, 0.05) is 0 Å². The van der Waals surface area contributed by atoms with Crippen molar-refractivity contribution in [1.82, 2.24) is 0 Å². The van der Waals surface area contributed by atoms with Crippen molar-refractivity contribution in [2.75, 3.05) is 31.0 Å². The van der Waals surface area contributed by atoms with E-state index < -0.39 is 48.9 Å². The number of aliphatic hydroxyl groups is 1. The number of carbonyl (C=O) groups is 1. The number of carbonyl (C=O) groups excluding carboxylic acids is 1. The fraction of sp³-hybridized carbons (Fsp3) is 0.923. The van der Waals surface area contributed by atoms with Crippen molar-refractivity contribution in [3.8, 4) is 0 Å².